The Labute approximate surface area is 192 Å². The number of carbonyl (C=O) groups is 2. The SMILES string of the molecule is COc1cccc(COC2CC(C(=O)NCc3ccccc3N)N(C(=O)c3ccco3)C2)c1. The summed E-state index contributed by atoms with van der Waals surface area (Å²) in [4.78, 5) is 27.6. The molecule has 1 aliphatic heterocycles. The second kappa shape index (κ2) is 10.2. The summed E-state index contributed by atoms with van der Waals surface area (Å²) in [6.07, 6.45) is 1.52. The fraction of sp³-hybridized carbons (Fsp3) is 0.280. The lowest BCUT2D eigenvalue weighted by Crippen LogP contribution is -2.45. The normalized spacial score (nSPS) is 17.7. The van der Waals surface area contributed by atoms with E-state index in [1.165, 1.54) is 11.2 Å². The van der Waals surface area contributed by atoms with E-state index < -0.39 is 6.04 Å². The topological polar surface area (TPSA) is 107 Å². The third kappa shape index (κ3) is 5.35. The first-order valence-electron chi connectivity index (χ1n) is 10.7. The molecule has 33 heavy (non-hydrogen) atoms. The molecule has 8 nitrogen and oxygen atoms in total. The molecule has 4 rings (SSSR count). The van der Waals surface area contributed by atoms with Gasteiger partial charge in [-0.15, -0.1) is 0 Å². The number of likely N-dealkylation sites (tertiary alicyclic amines) is 1. The van der Waals surface area contributed by atoms with Gasteiger partial charge in [-0.25, -0.2) is 0 Å². The first-order valence-corrected chi connectivity index (χ1v) is 10.7. The van der Waals surface area contributed by atoms with Gasteiger partial charge < -0.3 is 29.8 Å². The van der Waals surface area contributed by atoms with Crippen LogP contribution in [0.2, 0.25) is 0 Å². The number of hydrogen-bond donors (Lipinski definition) is 2. The van der Waals surface area contributed by atoms with Crippen LogP contribution in [0.15, 0.2) is 71.3 Å². The Kier molecular flexibility index (Phi) is 6.95. The van der Waals surface area contributed by atoms with Gasteiger partial charge in [0, 0.05) is 25.2 Å². The van der Waals surface area contributed by atoms with Crippen molar-refractivity contribution in [2.75, 3.05) is 19.4 Å². The van der Waals surface area contributed by atoms with Crippen LogP contribution in [0, 0.1) is 0 Å². The van der Waals surface area contributed by atoms with Gasteiger partial charge in [0.25, 0.3) is 5.91 Å². The molecule has 0 aliphatic carbocycles. The summed E-state index contributed by atoms with van der Waals surface area (Å²) in [5.41, 5.74) is 8.35. The highest BCUT2D eigenvalue weighted by atomic mass is 16.5. The Morgan fingerprint density at radius 3 is 2.76 bits per heavy atom. The molecule has 2 aromatic carbocycles. The van der Waals surface area contributed by atoms with Crippen LogP contribution < -0.4 is 15.8 Å². The van der Waals surface area contributed by atoms with Gasteiger partial charge in [0.1, 0.15) is 11.8 Å². The van der Waals surface area contributed by atoms with Gasteiger partial charge in [-0.05, 0) is 41.5 Å². The van der Waals surface area contributed by atoms with E-state index in [0.29, 0.717) is 18.7 Å². The zero-order valence-corrected chi connectivity index (χ0v) is 18.4. The quantitative estimate of drug-likeness (QED) is 0.512. The van der Waals surface area contributed by atoms with Crippen molar-refractivity contribution in [1.82, 2.24) is 10.2 Å². The number of nitrogen functional groups attached to an aromatic ring is 1. The Hall–Kier alpha value is -3.78. The van der Waals surface area contributed by atoms with E-state index in [9.17, 15) is 9.59 Å². The van der Waals surface area contributed by atoms with Gasteiger partial charge in [0.15, 0.2) is 5.76 Å². The maximum atomic E-state index is 13.1. The number of carbonyl (C=O) groups excluding carboxylic acids is 2. The number of nitrogens with zero attached hydrogens (tertiary/aromatic N) is 1. The fourth-order valence-electron chi connectivity index (χ4n) is 3.90. The van der Waals surface area contributed by atoms with E-state index in [2.05, 4.69) is 5.32 Å². The van der Waals surface area contributed by atoms with Crippen molar-refractivity contribution >= 4 is 17.5 Å². The number of furan rings is 1. The molecular weight excluding hydrogens is 422 g/mol. The van der Waals surface area contributed by atoms with Crippen LogP contribution in [0.3, 0.4) is 0 Å². The first kappa shape index (κ1) is 22.4. The van der Waals surface area contributed by atoms with Gasteiger partial charge in [-0.2, -0.15) is 0 Å². The average Bonchev–Trinajstić information content (AvgIpc) is 3.52. The minimum absolute atomic E-state index is 0.188. The van der Waals surface area contributed by atoms with Crippen LogP contribution in [0.5, 0.6) is 5.75 Å². The molecule has 0 saturated carbocycles. The molecule has 0 spiro atoms. The average molecular weight is 450 g/mol. The highest BCUT2D eigenvalue weighted by molar-refractivity contribution is 5.96. The molecule has 1 aromatic heterocycles. The second-order valence-electron chi connectivity index (χ2n) is 7.89. The lowest BCUT2D eigenvalue weighted by molar-refractivity contribution is -0.125. The van der Waals surface area contributed by atoms with E-state index >= 15 is 0 Å². The molecule has 3 aromatic rings. The molecular formula is C25H27N3O5. The lowest BCUT2D eigenvalue weighted by Gasteiger charge is -2.22. The van der Waals surface area contributed by atoms with Crippen molar-refractivity contribution in [2.24, 2.45) is 0 Å². The van der Waals surface area contributed by atoms with Gasteiger partial charge in [0.05, 0.1) is 26.1 Å². The van der Waals surface area contributed by atoms with Crippen molar-refractivity contribution in [3.8, 4) is 5.75 Å². The zero-order valence-electron chi connectivity index (χ0n) is 18.4. The number of anilines is 1. The Balaban J connectivity index is 1.44. The van der Waals surface area contributed by atoms with Crippen molar-refractivity contribution in [2.45, 2.75) is 31.7 Å². The fourth-order valence-corrected chi connectivity index (χ4v) is 3.90. The molecule has 1 aliphatic rings. The molecule has 1 fully saturated rings. The number of nitrogens with one attached hydrogen (secondary N) is 1. The number of methoxy groups -OCH3 is 1. The van der Waals surface area contributed by atoms with E-state index in [4.69, 9.17) is 19.6 Å². The summed E-state index contributed by atoms with van der Waals surface area (Å²) in [5.74, 6) is 0.334. The Morgan fingerprint density at radius 1 is 1.15 bits per heavy atom. The number of benzene rings is 2. The molecule has 3 N–H and O–H groups in total. The molecule has 2 unspecified atom stereocenters. The number of amides is 2. The number of ether oxygens (including phenoxy) is 2. The predicted octanol–water partition coefficient (Wildman–Crippen LogP) is 2.99. The first-order chi connectivity index (χ1) is 16.0. The number of para-hydroxylation sites is 1. The van der Waals surface area contributed by atoms with Crippen LogP contribution in [0.1, 0.15) is 28.1 Å². The predicted molar refractivity (Wildman–Crippen MR) is 122 cm³/mol. The minimum atomic E-state index is -0.678. The largest absolute Gasteiger partial charge is 0.497 e. The molecule has 0 bridgehead atoms. The van der Waals surface area contributed by atoms with Crippen LogP contribution in [0.25, 0.3) is 0 Å². The minimum Gasteiger partial charge on any atom is -0.497 e. The summed E-state index contributed by atoms with van der Waals surface area (Å²) in [5, 5.41) is 2.91. The van der Waals surface area contributed by atoms with Gasteiger partial charge in [-0.1, -0.05) is 30.3 Å². The van der Waals surface area contributed by atoms with Crippen LogP contribution in [-0.2, 0) is 22.7 Å². The smallest absolute Gasteiger partial charge is 0.290 e. The van der Waals surface area contributed by atoms with Crippen LogP contribution in [0.4, 0.5) is 5.69 Å². The van der Waals surface area contributed by atoms with Crippen molar-refractivity contribution < 1.29 is 23.5 Å². The zero-order chi connectivity index (χ0) is 23.2. The third-order valence-corrected chi connectivity index (χ3v) is 5.69. The van der Waals surface area contributed by atoms with Crippen LogP contribution >= 0.6 is 0 Å². The number of nitrogens with two attached hydrogens (primary N) is 1. The monoisotopic (exact) mass is 449 g/mol. The molecule has 2 atom stereocenters. The standard InChI is InChI=1S/C25H27N3O5/c1-31-19-8-4-6-17(12-19)16-33-20-13-22(28(15-20)25(30)23-10-5-11-32-23)24(29)27-14-18-7-2-3-9-21(18)26/h2-12,20,22H,13-16,26H2,1H3,(H,27,29). The van der Waals surface area contributed by atoms with Crippen molar-refractivity contribution in [3.63, 3.8) is 0 Å². The molecule has 2 amide bonds. The molecule has 1 saturated heterocycles. The summed E-state index contributed by atoms with van der Waals surface area (Å²) in [6, 6.07) is 17.5. The van der Waals surface area contributed by atoms with Gasteiger partial charge in [-0.3, -0.25) is 9.59 Å². The van der Waals surface area contributed by atoms with E-state index in [0.717, 1.165) is 16.9 Å². The molecule has 8 heteroatoms. The summed E-state index contributed by atoms with van der Waals surface area (Å²) < 4.78 is 16.6. The number of hydrogen-bond acceptors (Lipinski definition) is 6. The molecule has 172 valence electrons. The van der Waals surface area contributed by atoms with E-state index in [1.54, 1.807) is 25.3 Å². The highest BCUT2D eigenvalue weighted by Crippen LogP contribution is 2.25. The van der Waals surface area contributed by atoms with Crippen LogP contribution in [-0.4, -0.2) is 42.5 Å². The van der Waals surface area contributed by atoms with Crippen molar-refractivity contribution in [1.29, 1.82) is 0 Å². The van der Waals surface area contributed by atoms with E-state index in [1.807, 2.05) is 42.5 Å². The van der Waals surface area contributed by atoms with E-state index in [-0.39, 0.29) is 36.8 Å². The van der Waals surface area contributed by atoms with Gasteiger partial charge >= 0.3 is 0 Å². The summed E-state index contributed by atoms with van der Waals surface area (Å²) in [7, 11) is 1.61. The molecule has 0 radical (unpaired) electrons. The Morgan fingerprint density at radius 2 is 2.00 bits per heavy atom. The highest BCUT2D eigenvalue weighted by Gasteiger charge is 2.41. The third-order valence-electron chi connectivity index (χ3n) is 5.69. The number of rotatable bonds is 8. The summed E-state index contributed by atoms with van der Waals surface area (Å²) >= 11 is 0. The van der Waals surface area contributed by atoms with Crippen molar-refractivity contribution in [3.05, 3.63) is 83.8 Å². The maximum absolute atomic E-state index is 13.1. The molecule has 2 heterocycles. The Bertz CT molecular complexity index is 1100. The summed E-state index contributed by atoms with van der Waals surface area (Å²) in [6.45, 7) is 0.911. The lowest BCUT2D eigenvalue weighted by atomic mass is 10.1. The maximum Gasteiger partial charge on any atom is 0.290 e. The second-order valence-corrected chi connectivity index (χ2v) is 7.89. The van der Waals surface area contributed by atoms with Gasteiger partial charge in [0.2, 0.25) is 5.91 Å².